The summed E-state index contributed by atoms with van der Waals surface area (Å²) in [6.07, 6.45) is 3.45. The number of allylic oxidation sites excluding steroid dienone is 1. The zero-order chi connectivity index (χ0) is 16.7. The van der Waals surface area contributed by atoms with Gasteiger partial charge in [-0.3, -0.25) is 4.79 Å². The van der Waals surface area contributed by atoms with Gasteiger partial charge in [-0.1, -0.05) is 26.0 Å². The number of carbonyl (C=O) groups excluding carboxylic acids is 2. The molecule has 4 heteroatoms. The van der Waals surface area contributed by atoms with Crippen LogP contribution in [0.25, 0.3) is 0 Å². The Morgan fingerprint density at radius 3 is 2.78 bits per heavy atom. The molecule has 0 spiro atoms. The first-order valence-electron chi connectivity index (χ1n) is 8.37. The van der Waals surface area contributed by atoms with Gasteiger partial charge in [-0.2, -0.15) is 0 Å². The minimum atomic E-state index is -0.281. The van der Waals surface area contributed by atoms with Crippen molar-refractivity contribution in [3.8, 4) is 0 Å². The number of rotatable bonds is 3. The summed E-state index contributed by atoms with van der Waals surface area (Å²) in [5, 5.41) is 0. The lowest BCUT2D eigenvalue weighted by Gasteiger charge is -2.19. The molecule has 0 aromatic carbocycles. The largest absolute Gasteiger partial charge is 0.461 e. The SMILES string of the molecule is C=C1C(=O)O[C@@H]2C3=C(COC(=O)C(C)C)CCC3=C(C)CC[C@@H]12. The molecular weight excluding hydrogens is 292 g/mol. The molecule has 1 aliphatic heterocycles. The average Bonchev–Trinajstić information content (AvgIpc) is 3.00. The summed E-state index contributed by atoms with van der Waals surface area (Å²) in [6, 6.07) is 0. The molecule has 0 aromatic heterocycles. The fourth-order valence-electron chi connectivity index (χ4n) is 3.77. The predicted molar refractivity (Wildman–Crippen MR) is 86.5 cm³/mol. The third-order valence-corrected chi connectivity index (χ3v) is 5.18. The lowest BCUT2D eigenvalue weighted by Crippen LogP contribution is -2.21. The van der Waals surface area contributed by atoms with E-state index in [0.29, 0.717) is 12.2 Å². The summed E-state index contributed by atoms with van der Waals surface area (Å²) < 4.78 is 11.1. The van der Waals surface area contributed by atoms with E-state index in [4.69, 9.17) is 9.47 Å². The molecule has 1 fully saturated rings. The van der Waals surface area contributed by atoms with Crippen molar-refractivity contribution in [2.24, 2.45) is 11.8 Å². The van der Waals surface area contributed by atoms with Crippen molar-refractivity contribution in [2.45, 2.75) is 52.6 Å². The van der Waals surface area contributed by atoms with Gasteiger partial charge < -0.3 is 9.47 Å². The molecule has 0 radical (unpaired) electrons. The fourth-order valence-corrected chi connectivity index (χ4v) is 3.77. The van der Waals surface area contributed by atoms with Crippen LogP contribution in [0.15, 0.2) is 34.4 Å². The molecule has 2 aliphatic carbocycles. The predicted octanol–water partition coefficient (Wildman–Crippen LogP) is 3.48. The smallest absolute Gasteiger partial charge is 0.334 e. The molecule has 0 aromatic rings. The molecule has 0 amide bonds. The van der Waals surface area contributed by atoms with Crippen LogP contribution in [-0.2, 0) is 19.1 Å². The Morgan fingerprint density at radius 2 is 2.09 bits per heavy atom. The minimum Gasteiger partial charge on any atom is -0.461 e. The molecule has 124 valence electrons. The summed E-state index contributed by atoms with van der Waals surface area (Å²) in [4.78, 5) is 23.7. The van der Waals surface area contributed by atoms with Crippen LogP contribution in [0, 0.1) is 11.8 Å². The third kappa shape index (κ3) is 2.75. The van der Waals surface area contributed by atoms with Crippen LogP contribution in [0.4, 0.5) is 0 Å². The van der Waals surface area contributed by atoms with E-state index in [2.05, 4.69) is 13.5 Å². The molecule has 4 nitrogen and oxygen atoms in total. The lowest BCUT2D eigenvalue weighted by molar-refractivity contribution is -0.146. The van der Waals surface area contributed by atoms with Crippen LogP contribution in [-0.4, -0.2) is 24.6 Å². The van der Waals surface area contributed by atoms with E-state index in [0.717, 1.165) is 36.8 Å². The van der Waals surface area contributed by atoms with Crippen molar-refractivity contribution in [1.82, 2.24) is 0 Å². The van der Waals surface area contributed by atoms with Gasteiger partial charge in [-0.15, -0.1) is 0 Å². The number of ether oxygens (including phenoxy) is 2. The molecule has 3 aliphatic rings. The van der Waals surface area contributed by atoms with Crippen LogP contribution in [0.2, 0.25) is 0 Å². The van der Waals surface area contributed by atoms with Crippen molar-refractivity contribution >= 4 is 11.9 Å². The molecule has 23 heavy (non-hydrogen) atoms. The summed E-state index contributed by atoms with van der Waals surface area (Å²) in [5.41, 5.74) is 5.46. The Bertz CT molecular complexity index is 636. The molecule has 0 saturated carbocycles. The first-order valence-corrected chi connectivity index (χ1v) is 8.37. The standard InChI is InChI=1S/C19H24O4/c1-10(2)18(20)22-9-13-6-8-14-11(3)5-7-15-12(4)19(21)23-17(15)16(13)14/h10,15,17H,4-9H2,1-3H3/t15-,17-/m0/s1. The zero-order valence-electron chi connectivity index (χ0n) is 14.1. The van der Waals surface area contributed by atoms with Crippen LogP contribution in [0.1, 0.15) is 46.5 Å². The normalized spacial score (nSPS) is 27.1. The molecule has 0 bridgehead atoms. The summed E-state index contributed by atoms with van der Waals surface area (Å²) in [6.45, 7) is 10.0. The highest BCUT2D eigenvalue weighted by atomic mass is 16.6. The second kappa shape index (κ2) is 5.99. The van der Waals surface area contributed by atoms with Crippen molar-refractivity contribution in [2.75, 3.05) is 6.61 Å². The van der Waals surface area contributed by atoms with E-state index >= 15 is 0 Å². The molecule has 2 atom stereocenters. The lowest BCUT2D eigenvalue weighted by atomic mass is 9.88. The van der Waals surface area contributed by atoms with Gasteiger partial charge in [0.05, 0.1) is 5.92 Å². The average molecular weight is 316 g/mol. The van der Waals surface area contributed by atoms with Gasteiger partial charge in [0.2, 0.25) is 0 Å². The Labute approximate surface area is 137 Å². The molecule has 0 N–H and O–H groups in total. The zero-order valence-corrected chi connectivity index (χ0v) is 14.1. The topological polar surface area (TPSA) is 52.6 Å². The van der Waals surface area contributed by atoms with Crippen LogP contribution in [0.3, 0.4) is 0 Å². The Balaban J connectivity index is 1.92. The van der Waals surface area contributed by atoms with Gasteiger partial charge in [-0.05, 0) is 49.3 Å². The number of fused-ring (bicyclic) bond motifs is 3. The summed E-state index contributed by atoms with van der Waals surface area (Å²) in [7, 11) is 0. The Kier molecular flexibility index (Phi) is 4.17. The van der Waals surface area contributed by atoms with Crippen molar-refractivity contribution in [1.29, 1.82) is 0 Å². The molecule has 0 unspecified atom stereocenters. The van der Waals surface area contributed by atoms with E-state index in [1.54, 1.807) is 0 Å². The van der Waals surface area contributed by atoms with E-state index < -0.39 is 0 Å². The van der Waals surface area contributed by atoms with Crippen LogP contribution >= 0.6 is 0 Å². The highest BCUT2D eigenvalue weighted by molar-refractivity contribution is 5.91. The van der Waals surface area contributed by atoms with Gasteiger partial charge in [0.25, 0.3) is 0 Å². The molecular formula is C19H24O4. The van der Waals surface area contributed by atoms with Crippen molar-refractivity contribution in [3.63, 3.8) is 0 Å². The monoisotopic (exact) mass is 316 g/mol. The Morgan fingerprint density at radius 1 is 1.35 bits per heavy atom. The number of hydrogen-bond acceptors (Lipinski definition) is 4. The third-order valence-electron chi connectivity index (χ3n) is 5.18. The van der Waals surface area contributed by atoms with Gasteiger partial charge >= 0.3 is 11.9 Å². The van der Waals surface area contributed by atoms with E-state index in [1.807, 2.05) is 13.8 Å². The highest BCUT2D eigenvalue weighted by Crippen LogP contribution is 2.47. The van der Waals surface area contributed by atoms with Gasteiger partial charge in [-0.25, -0.2) is 4.79 Å². The second-order valence-corrected chi connectivity index (χ2v) is 7.03. The van der Waals surface area contributed by atoms with Crippen molar-refractivity contribution in [3.05, 3.63) is 34.4 Å². The maximum atomic E-state index is 11.9. The number of carbonyl (C=O) groups is 2. The molecule has 1 saturated heterocycles. The van der Waals surface area contributed by atoms with Gasteiger partial charge in [0.15, 0.2) is 0 Å². The maximum absolute atomic E-state index is 11.9. The maximum Gasteiger partial charge on any atom is 0.334 e. The van der Waals surface area contributed by atoms with Crippen LogP contribution < -0.4 is 0 Å². The Hall–Kier alpha value is -1.84. The number of hydrogen-bond donors (Lipinski definition) is 0. The summed E-state index contributed by atoms with van der Waals surface area (Å²) in [5.74, 6) is -0.550. The van der Waals surface area contributed by atoms with E-state index in [-0.39, 0.29) is 29.9 Å². The first-order chi connectivity index (χ1) is 10.9. The van der Waals surface area contributed by atoms with Crippen LogP contribution in [0.5, 0.6) is 0 Å². The fraction of sp³-hybridized carbons (Fsp3) is 0.579. The minimum absolute atomic E-state index is 0.0545. The quantitative estimate of drug-likeness (QED) is 0.591. The van der Waals surface area contributed by atoms with E-state index in [9.17, 15) is 9.59 Å². The van der Waals surface area contributed by atoms with Crippen molar-refractivity contribution < 1.29 is 19.1 Å². The molecule has 3 rings (SSSR count). The van der Waals surface area contributed by atoms with Gasteiger partial charge in [0, 0.05) is 11.5 Å². The van der Waals surface area contributed by atoms with Gasteiger partial charge in [0.1, 0.15) is 12.7 Å². The first kappa shape index (κ1) is 16.0. The molecule has 1 heterocycles. The van der Waals surface area contributed by atoms with E-state index in [1.165, 1.54) is 11.1 Å². The summed E-state index contributed by atoms with van der Waals surface area (Å²) >= 11 is 0. The highest BCUT2D eigenvalue weighted by Gasteiger charge is 2.45. The number of esters is 2. The second-order valence-electron chi connectivity index (χ2n) is 7.03.